The number of Topliss-reactive ketones (excluding diaryl/α,β-unsaturated/α-hetero) is 1. The van der Waals surface area contributed by atoms with Crippen LogP contribution in [0.15, 0.2) is 24.7 Å². The number of nitrogens with zero attached hydrogens (tertiary/aromatic N) is 7. The zero-order valence-corrected chi connectivity index (χ0v) is 23.1. The second-order valence-electron chi connectivity index (χ2n) is 12.2. The number of piperidine rings is 1. The van der Waals surface area contributed by atoms with Crippen LogP contribution < -0.4 is 10.2 Å². The van der Waals surface area contributed by atoms with Crippen molar-refractivity contribution in [1.82, 2.24) is 29.3 Å². The molecule has 12 nitrogen and oxygen atoms in total. The van der Waals surface area contributed by atoms with Crippen molar-refractivity contribution < 1.29 is 27.9 Å². The molecule has 0 radical (unpaired) electrons. The summed E-state index contributed by atoms with van der Waals surface area (Å²) in [6, 6.07) is 1.58. The highest BCUT2D eigenvalue weighted by molar-refractivity contribution is 6.08. The van der Waals surface area contributed by atoms with E-state index in [0.717, 1.165) is 13.1 Å². The lowest BCUT2D eigenvalue weighted by Crippen LogP contribution is -2.63. The Kier molecular flexibility index (Phi) is 6.46. The molecule has 218 valence electrons. The minimum atomic E-state index is -2.90. The lowest BCUT2D eigenvalue weighted by molar-refractivity contribution is -0.134. The van der Waals surface area contributed by atoms with Crippen LogP contribution in [-0.4, -0.2) is 78.8 Å². The van der Waals surface area contributed by atoms with E-state index in [4.69, 9.17) is 4.74 Å². The van der Waals surface area contributed by atoms with E-state index in [1.165, 1.54) is 21.6 Å². The van der Waals surface area contributed by atoms with Gasteiger partial charge in [0, 0.05) is 56.8 Å². The highest BCUT2D eigenvalue weighted by Gasteiger charge is 2.52. The third-order valence-corrected chi connectivity index (χ3v) is 7.83. The van der Waals surface area contributed by atoms with Gasteiger partial charge >= 0.3 is 6.09 Å². The van der Waals surface area contributed by atoms with Crippen LogP contribution in [0, 0.1) is 5.41 Å². The number of carbonyl (C=O) groups is 3. The Labute approximate surface area is 234 Å². The summed E-state index contributed by atoms with van der Waals surface area (Å²) >= 11 is 0. The number of hydrogen-bond donors (Lipinski definition) is 1. The van der Waals surface area contributed by atoms with E-state index in [1.54, 1.807) is 37.9 Å². The molecule has 1 saturated carbocycles. The van der Waals surface area contributed by atoms with Crippen LogP contribution in [-0.2, 0) is 9.53 Å². The number of aromatic nitrogens is 5. The Morgan fingerprint density at radius 2 is 1.88 bits per heavy atom. The Morgan fingerprint density at radius 3 is 2.51 bits per heavy atom. The molecular weight excluding hydrogens is 538 g/mol. The number of halogens is 2. The van der Waals surface area contributed by atoms with Crippen LogP contribution in [0.1, 0.15) is 75.0 Å². The molecule has 14 heteroatoms. The molecule has 1 spiro atoms. The van der Waals surface area contributed by atoms with Crippen LogP contribution in [0.25, 0.3) is 5.65 Å². The molecule has 0 atom stereocenters. The summed E-state index contributed by atoms with van der Waals surface area (Å²) in [5, 5.41) is 10.9. The molecule has 3 aliphatic rings. The van der Waals surface area contributed by atoms with Crippen molar-refractivity contribution in [1.29, 1.82) is 0 Å². The highest BCUT2D eigenvalue weighted by atomic mass is 19.3. The maximum atomic E-state index is 13.9. The molecule has 1 N–H and O–H groups in total. The Bertz CT molecular complexity index is 1500. The molecule has 5 heterocycles. The van der Waals surface area contributed by atoms with Gasteiger partial charge in [-0.2, -0.15) is 10.2 Å². The van der Waals surface area contributed by atoms with Crippen molar-refractivity contribution in [2.24, 2.45) is 5.41 Å². The van der Waals surface area contributed by atoms with E-state index < -0.39 is 29.7 Å². The molecule has 1 aliphatic carbocycles. The minimum absolute atomic E-state index is 0.0452. The average molecular weight is 571 g/mol. The molecule has 41 heavy (non-hydrogen) atoms. The summed E-state index contributed by atoms with van der Waals surface area (Å²) in [5.74, 6) is 0.312. The van der Waals surface area contributed by atoms with Gasteiger partial charge in [0.05, 0.1) is 17.9 Å². The largest absolute Gasteiger partial charge is 0.444 e. The fraction of sp³-hybridized carbons (Fsp3) is 0.556. The van der Waals surface area contributed by atoms with Gasteiger partial charge in [-0.25, -0.2) is 23.1 Å². The van der Waals surface area contributed by atoms with Crippen LogP contribution in [0.2, 0.25) is 0 Å². The van der Waals surface area contributed by atoms with Gasteiger partial charge in [-0.3, -0.25) is 14.3 Å². The molecule has 0 aromatic carbocycles. The number of ether oxygens (including phenoxy) is 1. The van der Waals surface area contributed by atoms with E-state index in [1.807, 2.05) is 4.90 Å². The summed E-state index contributed by atoms with van der Waals surface area (Å²) in [5.41, 5.74) is -0.745. The second kappa shape index (κ2) is 9.77. The summed E-state index contributed by atoms with van der Waals surface area (Å²) in [6.45, 7) is 7.64. The van der Waals surface area contributed by atoms with Crippen LogP contribution in [0.4, 0.5) is 25.1 Å². The molecule has 2 amide bonds. The maximum Gasteiger partial charge on any atom is 0.410 e. The summed E-state index contributed by atoms with van der Waals surface area (Å²) in [6.07, 6.45) is 3.34. The third kappa shape index (κ3) is 5.22. The van der Waals surface area contributed by atoms with E-state index in [-0.39, 0.29) is 28.5 Å². The number of rotatable bonds is 5. The zero-order chi connectivity index (χ0) is 29.1. The number of likely N-dealkylation sites (tertiary alicyclic amines) is 1. The standard InChI is InChI=1S/C27H32F2N8O4/c1-26(2,3)41-25(40)34-7-4-16(5-8-34)37-13-19(21(33-37)22(28)29)31-24(39)18-12-30-36-9-6-20(32-23(18)36)35-14-27(15-35)10-17(38)11-27/h6,9,12-13,16,22H,4-5,7-8,10-11,14-15H2,1-3H3,(H,31,39). The zero-order valence-electron chi connectivity index (χ0n) is 23.1. The Balaban J connectivity index is 1.15. The number of hydrogen-bond acceptors (Lipinski definition) is 8. The SMILES string of the molecule is CC(C)(C)OC(=O)N1CCC(n2cc(NC(=O)c3cnn4ccc(N5CC6(CC(=O)C6)C5)nc34)c(C(F)F)n2)CC1. The van der Waals surface area contributed by atoms with Gasteiger partial charge in [-0.1, -0.05) is 0 Å². The topological polar surface area (TPSA) is 127 Å². The van der Waals surface area contributed by atoms with E-state index >= 15 is 0 Å². The van der Waals surface area contributed by atoms with Gasteiger partial charge in [0.25, 0.3) is 12.3 Å². The predicted octanol–water partition coefficient (Wildman–Crippen LogP) is 3.86. The number of fused-ring (bicyclic) bond motifs is 1. The number of amides is 2. The van der Waals surface area contributed by atoms with Gasteiger partial charge in [0.2, 0.25) is 0 Å². The number of anilines is 2. The number of alkyl halides is 2. The molecule has 2 aliphatic heterocycles. The number of ketones is 1. The van der Waals surface area contributed by atoms with E-state index in [9.17, 15) is 23.2 Å². The lowest BCUT2D eigenvalue weighted by atomic mass is 9.63. The second-order valence-corrected chi connectivity index (χ2v) is 12.2. The summed E-state index contributed by atoms with van der Waals surface area (Å²) in [4.78, 5) is 45.3. The molecule has 2 saturated heterocycles. The van der Waals surface area contributed by atoms with Gasteiger partial charge < -0.3 is 19.9 Å². The van der Waals surface area contributed by atoms with Crippen molar-refractivity contribution in [3.63, 3.8) is 0 Å². The number of nitrogens with one attached hydrogen (secondary N) is 1. The fourth-order valence-electron chi connectivity index (χ4n) is 5.81. The number of carbonyl (C=O) groups excluding carboxylic acids is 3. The molecule has 6 rings (SSSR count). The first-order valence-corrected chi connectivity index (χ1v) is 13.7. The van der Waals surface area contributed by atoms with Crippen LogP contribution >= 0.6 is 0 Å². The van der Waals surface area contributed by atoms with Crippen molar-refractivity contribution in [3.05, 3.63) is 35.9 Å². The quantitative estimate of drug-likeness (QED) is 0.490. The van der Waals surface area contributed by atoms with Crippen molar-refractivity contribution >= 4 is 34.9 Å². The molecule has 3 fully saturated rings. The first-order chi connectivity index (χ1) is 19.4. The maximum absolute atomic E-state index is 13.9. The Morgan fingerprint density at radius 1 is 1.17 bits per heavy atom. The molecule has 3 aromatic rings. The molecule has 0 bridgehead atoms. The summed E-state index contributed by atoms with van der Waals surface area (Å²) < 4.78 is 36.2. The normalized spacial score (nSPS) is 19.0. The van der Waals surface area contributed by atoms with Crippen LogP contribution in [0.5, 0.6) is 0 Å². The van der Waals surface area contributed by atoms with Crippen molar-refractivity contribution in [2.75, 3.05) is 36.4 Å². The monoisotopic (exact) mass is 570 g/mol. The van der Waals surface area contributed by atoms with Gasteiger partial charge in [0.15, 0.2) is 11.3 Å². The van der Waals surface area contributed by atoms with Gasteiger partial charge in [-0.15, -0.1) is 0 Å². The molecule has 0 unspecified atom stereocenters. The van der Waals surface area contributed by atoms with E-state index in [0.29, 0.717) is 50.2 Å². The van der Waals surface area contributed by atoms with Crippen LogP contribution in [0.3, 0.4) is 0 Å². The smallest absolute Gasteiger partial charge is 0.410 e. The predicted molar refractivity (Wildman–Crippen MR) is 143 cm³/mol. The molecule has 3 aromatic heterocycles. The first-order valence-electron chi connectivity index (χ1n) is 13.7. The first kappa shape index (κ1) is 27.1. The van der Waals surface area contributed by atoms with Crippen molar-refractivity contribution in [3.8, 4) is 0 Å². The van der Waals surface area contributed by atoms with Gasteiger partial charge in [-0.05, 0) is 39.7 Å². The Hall–Kier alpha value is -4.10. The van der Waals surface area contributed by atoms with E-state index in [2.05, 4.69) is 20.5 Å². The lowest BCUT2D eigenvalue weighted by Gasteiger charge is -2.55. The fourth-order valence-corrected chi connectivity index (χ4v) is 5.81. The molecular formula is C27H32F2N8O4. The van der Waals surface area contributed by atoms with Crippen molar-refractivity contribution in [2.45, 2.75) is 64.5 Å². The minimum Gasteiger partial charge on any atom is -0.444 e. The third-order valence-electron chi connectivity index (χ3n) is 7.83. The van der Waals surface area contributed by atoms with Gasteiger partial charge in [0.1, 0.15) is 22.8 Å². The average Bonchev–Trinajstić information content (AvgIpc) is 3.48. The summed E-state index contributed by atoms with van der Waals surface area (Å²) in [7, 11) is 0. The highest BCUT2D eigenvalue weighted by Crippen LogP contribution is 2.47.